The van der Waals surface area contributed by atoms with Gasteiger partial charge in [0.05, 0.1) is 5.56 Å². The van der Waals surface area contributed by atoms with Gasteiger partial charge in [0.2, 0.25) is 0 Å². The molecule has 29 heavy (non-hydrogen) atoms. The van der Waals surface area contributed by atoms with E-state index in [2.05, 4.69) is 5.32 Å². The van der Waals surface area contributed by atoms with Gasteiger partial charge in [-0.2, -0.15) is 13.2 Å². The maximum absolute atomic E-state index is 13.2. The van der Waals surface area contributed by atoms with Gasteiger partial charge in [-0.3, -0.25) is 14.4 Å². The molecule has 1 fully saturated rings. The van der Waals surface area contributed by atoms with E-state index in [0.29, 0.717) is 18.2 Å². The molecule has 0 saturated heterocycles. The number of benzene rings is 1. The fourth-order valence-electron chi connectivity index (χ4n) is 3.35. The fourth-order valence-corrected chi connectivity index (χ4v) is 5.11. The van der Waals surface area contributed by atoms with E-state index < -0.39 is 39.5 Å². The number of nitrogens with zero attached hydrogens (tertiary/aromatic N) is 1. The smallest absolute Gasteiger partial charge is 0.354 e. The molecular formula is C20H24F3N3O2S. The summed E-state index contributed by atoms with van der Waals surface area (Å²) >= 11 is 0. The Morgan fingerprint density at radius 3 is 2.52 bits per heavy atom. The molecule has 1 amide bonds. The zero-order valence-corrected chi connectivity index (χ0v) is 17.3. The van der Waals surface area contributed by atoms with Crippen LogP contribution in [0, 0.1) is 10.7 Å². The van der Waals surface area contributed by atoms with Crippen molar-refractivity contribution >= 4 is 22.4 Å². The van der Waals surface area contributed by atoms with E-state index in [1.807, 2.05) is 0 Å². The van der Waals surface area contributed by atoms with Crippen LogP contribution in [-0.2, 0) is 21.7 Å². The molecule has 2 N–H and O–H groups in total. The van der Waals surface area contributed by atoms with Crippen LogP contribution in [0.25, 0.3) is 0 Å². The highest BCUT2D eigenvalue weighted by molar-refractivity contribution is 7.92. The van der Waals surface area contributed by atoms with Gasteiger partial charge in [-0.1, -0.05) is 12.1 Å². The minimum absolute atomic E-state index is 0.0892. The Morgan fingerprint density at radius 2 is 1.97 bits per heavy atom. The van der Waals surface area contributed by atoms with Crippen LogP contribution in [0.4, 0.5) is 13.2 Å². The van der Waals surface area contributed by atoms with Gasteiger partial charge >= 0.3 is 6.18 Å². The molecule has 3 rings (SSSR count). The van der Waals surface area contributed by atoms with Crippen molar-refractivity contribution in [3.05, 3.63) is 46.0 Å². The van der Waals surface area contributed by atoms with Crippen molar-refractivity contribution in [2.45, 2.75) is 51.2 Å². The van der Waals surface area contributed by atoms with E-state index >= 15 is 0 Å². The second-order valence-corrected chi connectivity index (χ2v) is 9.30. The van der Waals surface area contributed by atoms with E-state index in [-0.39, 0.29) is 16.5 Å². The molecule has 9 heteroatoms. The normalized spacial score (nSPS) is 22.4. The molecule has 1 heterocycles. The van der Waals surface area contributed by atoms with Crippen LogP contribution in [0.15, 0.2) is 34.9 Å². The molecule has 2 unspecified atom stereocenters. The highest BCUT2D eigenvalue weighted by Gasteiger charge is 2.44. The molecule has 1 aromatic rings. The van der Waals surface area contributed by atoms with Crippen LogP contribution in [0.5, 0.6) is 0 Å². The third kappa shape index (κ3) is 4.55. The first-order valence-electron chi connectivity index (χ1n) is 9.45. The molecule has 0 spiro atoms. The predicted molar refractivity (Wildman–Crippen MR) is 105 cm³/mol. The summed E-state index contributed by atoms with van der Waals surface area (Å²) in [7, 11) is -1.49. The molecule has 1 aliphatic carbocycles. The lowest BCUT2D eigenvalue weighted by molar-refractivity contribution is -0.137. The quantitative estimate of drug-likeness (QED) is 0.672. The maximum atomic E-state index is 13.2. The van der Waals surface area contributed by atoms with Gasteiger partial charge in [0.25, 0.3) is 5.91 Å². The molecule has 5 nitrogen and oxygen atoms in total. The zero-order chi connectivity index (χ0) is 21.5. The van der Waals surface area contributed by atoms with E-state index in [4.69, 9.17) is 4.78 Å². The molecule has 1 aliphatic heterocycles. The lowest BCUT2D eigenvalue weighted by Gasteiger charge is -2.27. The average Bonchev–Trinajstić information content (AvgIpc) is 3.39. The number of Topliss-reactive ketones (excluding diaryl/α,β-unsaturated/α-hetero) is 1. The summed E-state index contributed by atoms with van der Waals surface area (Å²) in [5, 5.41) is 1.79. The Morgan fingerprint density at radius 1 is 1.31 bits per heavy atom. The van der Waals surface area contributed by atoms with Gasteiger partial charge in [-0.15, -0.1) is 0 Å². The van der Waals surface area contributed by atoms with Gasteiger partial charge in [-0.25, -0.2) is 0 Å². The monoisotopic (exact) mass is 427 g/mol. The maximum Gasteiger partial charge on any atom is 0.416 e. The highest BCUT2D eigenvalue weighted by atomic mass is 32.2. The topological polar surface area (TPSA) is 73.3 Å². The van der Waals surface area contributed by atoms with Crippen LogP contribution < -0.4 is 5.32 Å². The van der Waals surface area contributed by atoms with E-state index in [1.54, 1.807) is 25.7 Å². The summed E-state index contributed by atoms with van der Waals surface area (Å²) in [6.45, 7) is 5.85. The van der Waals surface area contributed by atoms with E-state index in [9.17, 15) is 22.8 Å². The Kier molecular flexibility index (Phi) is 5.89. The number of amides is 1. The van der Waals surface area contributed by atoms with Crippen molar-refractivity contribution in [1.82, 2.24) is 10.2 Å². The van der Waals surface area contributed by atoms with E-state index in [1.165, 1.54) is 12.1 Å². The van der Waals surface area contributed by atoms with Gasteiger partial charge in [0.15, 0.2) is 11.2 Å². The van der Waals surface area contributed by atoms with Gasteiger partial charge < -0.3 is 10.2 Å². The number of rotatable bonds is 6. The fraction of sp³-hybridized carbons (Fsp3) is 0.500. The Hall–Kier alpha value is -2.16. The molecular weight excluding hydrogens is 403 g/mol. The number of allylic oxidation sites excluding steroid dienone is 1. The second kappa shape index (κ2) is 7.93. The molecule has 1 saturated carbocycles. The minimum Gasteiger partial charge on any atom is -0.354 e. The molecule has 0 bridgehead atoms. The lowest BCUT2D eigenvalue weighted by atomic mass is 10.1. The minimum atomic E-state index is -4.56. The van der Waals surface area contributed by atoms with Crippen molar-refractivity contribution < 1.29 is 22.8 Å². The zero-order valence-electron chi connectivity index (χ0n) is 16.5. The number of carbonyl (C=O) groups excluding carboxylic acids is 2. The molecule has 0 aromatic heterocycles. The van der Waals surface area contributed by atoms with Gasteiger partial charge in [0.1, 0.15) is 4.91 Å². The Bertz CT molecular complexity index is 891. The number of nitrogens with one attached hydrogen (secondary N) is 2. The SMILES string of the molecule is CC1=C(C(=O)NC(C)C)S(=N)C(C(=O)c2cccc(C(F)(F)F)c2)N1CC1CC1. The molecule has 158 valence electrons. The summed E-state index contributed by atoms with van der Waals surface area (Å²) in [4.78, 5) is 27.8. The first kappa shape index (κ1) is 21.5. The van der Waals surface area contributed by atoms with Crippen LogP contribution in [0.1, 0.15) is 49.5 Å². The summed E-state index contributed by atoms with van der Waals surface area (Å²) in [6, 6.07) is 4.15. The first-order valence-corrected chi connectivity index (χ1v) is 10.7. The van der Waals surface area contributed by atoms with Crippen molar-refractivity contribution in [2.24, 2.45) is 5.92 Å². The van der Waals surface area contributed by atoms with Crippen molar-refractivity contribution in [1.29, 1.82) is 4.78 Å². The number of hydrogen-bond acceptors (Lipinski definition) is 4. The standard InChI is InChI=1S/C20H24F3N3O2S/c1-11(2)25-18(28)17-12(3)26(10-13-7-8-13)19(29(17)24)16(27)14-5-4-6-15(9-14)20(21,22)23/h4-6,9,11,13,19,24H,7-8,10H2,1-3H3,(H,25,28). The molecule has 1 aromatic carbocycles. The van der Waals surface area contributed by atoms with Crippen molar-refractivity contribution in [3.63, 3.8) is 0 Å². The lowest BCUT2D eigenvalue weighted by Crippen LogP contribution is -2.40. The average molecular weight is 427 g/mol. The molecule has 2 atom stereocenters. The second-order valence-electron chi connectivity index (χ2n) is 7.77. The van der Waals surface area contributed by atoms with E-state index in [0.717, 1.165) is 25.0 Å². The van der Waals surface area contributed by atoms with Crippen molar-refractivity contribution in [2.75, 3.05) is 6.54 Å². The summed E-state index contributed by atoms with van der Waals surface area (Å²) < 4.78 is 47.9. The van der Waals surface area contributed by atoms with Crippen LogP contribution >= 0.6 is 0 Å². The summed E-state index contributed by atoms with van der Waals surface area (Å²) in [5.74, 6) is -0.566. The Labute approximate surface area is 170 Å². The van der Waals surface area contributed by atoms with Crippen LogP contribution in [0.2, 0.25) is 0 Å². The summed E-state index contributed by atoms with van der Waals surface area (Å²) in [6.07, 6.45) is -2.54. The van der Waals surface area contributed by atoms with Gasteiger partial charge in [-0.05, 0) is 62.4 Å². The molecule has 2 aliphatic rings. The van der Waals surface area contributed by atoms with Gasteiger partial charge in [0, 0.05) is 23.8 Å². The van der Waals surface area contributed by atoms with Crippen LogP contribution in [0.3, 0.4) is 0 Å². The van der Waals surface area contributed by atoms with Crippen LogP contribution in [-0.4, -0.2) is 34.6 Å². The largest absolute Gasteiger partial charge is 0.416 e. The molecule has 0 radical (unpaired) electrons. The number of alkyl halides is 3. The number of halogens is 3. The third-order valence-electron chi connectivity index (χ3n) is 4.96. The number of hydrogen-bond donors (Lipinski definition) is 2. The first-order chi connectivity index (χ1) is 13.5. The Balaban J connectivity index is 1.96. The predicted octanol–water partition coefficient (Wildman–Crippen LogP) is 4.08. The summed E-state index contributed by atoms with van der Waals surface area (Å²) in [5.41, 5.74) is -0.421. The third-order valence-corrected chi connectivity index (χ3v) is 6.80. The number of ketones is 1. The van der Waals surface area contributed by atoms with Crippen molar-refractivity contribution in [3.8, 4) is 0 Å². The highest BCUT2D eigenvalue weighted by Crippen LogP contribution is 2.38. The number of carbonyl (C=O) groups is 2.